The Labute approximate surface area is 142 Å². The molecule has 0 aliphatic heterocycles. The van der Waals surface area contributed by atoms with Gasteiger partial charge in [-0.15, -0.1) is 0 Å². The van der Waals surface area contributed by atoms with Crippen LogP contribution in [-0.4, -0.2) is 35.5 Å². The third-order valence-electron chi connectivity index (χ3n) is 3.79. The van der Waals surface area contributed by atoms with Crippen molar-refractivity contribution < 1.29 is 17.9 Å². The number of amides is 1. The van der Waals surface area contributed by atoms with Gasteiger partial charge < -0.3 is 9.64 Å². The average Bonchev–Trinajstić information content (AvgIpc) is 2.60. The molecule has 0 aromatic heterocycles. The zero-order chi connectivity index (χ0) is 17.9. The minimum atomic E-state index is -3.67. The Kier molecular flexibility index (Phi) is 5.14. The predicted octanol–water partition coefficient (Wildman–Crippen LogP) is 2.50. The van der Waals surface area contributed by atoms with Crippen molar-refractivity contribution in [2.45, 2.75) is 11.8 Å². The van der Waals surface area contributed by atoms with Crippen molar-refractivity contribution in [3.05, 3.63) is 48.5 Å². The number of carbonyl (C=O) groups excluding carboxylic acids is 1. The van der Waals surface area contributed by atoms with Crippen LogP contribution in [0, 0.1) is 0 Å². The average molecular weight is 348 g/mol. The molecule has 1 amide bonds. The maximum absolute atomic E-state index is 12.7. The van der Waals surface area contributed by atoms with Crippen molar-refractivity contribution in [2.75, 3.05) is 30.4 Å². The zero-order valence-corrected chi connectivity index (χ0v) is 14.9. The number of carbonyl (C=O) groups is 1. The van der Waals surface area contributed by atoms with Gasteiger partial charge in [-0.2, -0.15) is 0 Å². The second kappa shape index (κ2) is 6.92. The molecule has 128 valence electrons. The highest BCUT2D eigenvalue weighted by Gasteiger charge is 2.21. The van der Waals surface area contributed by atoms with Crippen LogP contribution in [0.1, 0.15) is 6.92 Å². The van der Waals surface area contributed by atoms with E-state index < -0.39 is 10.0 Å². The van der Waals surface area contributed by atoms with Crippen LogP contribution < -0.4 is 13.9 Å². The molecule has 0 saturated carbocycles. The van der Waals surface area contributed by atoms with Gasteiger partial charge in [-0.1, -0.05) is 0 Å². The molecule has 2 rings (SSSR count). The third kappa shape index (κ3) is 3.51. The van der Waals surface area contributed by atoms with Gasteiger partial charge in [0.1, 0.15) is 5.75 Å². The molecule has 0 saturated heterocycles. The highest BCUT2D eigenvalue weighted by atomic mass is 32.2. The van der Waals surface area contributed by atoms with E-state index in [1.54, 1.807) is 43.4 Å². The van der Waals surface area contributed by atoms with Crippen molar-refractivity contribution in [3.8, 4) is 5.75 Å². The molecule has 7 heteroatoms. The van der Waals surface area contributed by atoms with Crippen molar-refractivity contribution >= 4 is 27.3 Å². The maximum Gasteiger partial charge on any atom is 0.264 e. The Morgan fingerprint density at radius 2 is 1.42 bits per heavy atom. The minimum Gasteiger partial charge on any atom is -0.497 e. The molecule has 0 bridgehead atoms. The molecule has 24 heavy (non-hydrogen) atoms. The lowest BCUT2D eigenvalue weighted by molar-refractivity contribution is -0.116. The van der Waals surface area contributed by atoms with Crippen LogP contribution in [0.4, 0.5) is 11.4 Å². The van der Waals surface area contributed by atoms with E-state index in [-0.39, 0.29) is 10.8 Å². The molecule has 0 atom stereocenters. The van der Waals surface area contributed by atoms with Gasteiger partial charge in [0.25, 0.3) is 10.0 Å². The van der Waals surface area contributed by atoms with E-state index in [2.05, 4.69) is 0 Å². The molecule has 0 heterocycles. The van der Waals surface area contributed by atoms with Gasteiger partial charge in [0.05, 0.1) is 17.7 Å². The van der Waals surface area contributed by atoms with E-state index in [1.165, 1.54) is 42.4 Å². The van der Waals surface area contributed by atoms with Crippen LogP contribution in [0.15, 0.2) is 53.4 Å². The number of hydrogen-bond donors (Lipinski definition) is 0. The summed E-state index contributed by atoms with van der Waals surface area (Å²) in [5.41, 5.74) is 1.20. The summed E-state index contributed by atoms with van der Waals surface area (Å²) in [5, 5.41) is 0. The smallest absolute Gasteiger partial charge is 0.264 e. The lowest BCUT2D eigenvalue weighted by Crippen LogP contribution is -2.27. The standard InChI is InChI=1S/C17H20N2O4S/c1-13(20)18(2)14-5-7-15(8-6-14)19(3)24(21,22)17-11-9-16(23-4)10-12-17/h5-12H,1-4H3. The molecule has 0 radical (unpaired) electrons. The fraction of sp³-hybridized carbons (Fsp3) is 0.235. The molecule has 0 fully saturated rings. The normalized spacial score (nSPS) is 11.0. The van der Waals surface area contributed by atoms with E-state index in [0.717, 1.165) is 0 Å². The lowest BCUT2D eigenvalue weighted by atomic mass is 10.2. The minimum absolute atomic E-state index is 0.0954. The van der Waals surface area contributed by atoms with E-state index in [0.29, 0.717) is 17.1 Å². The fourth-order valence-electron chi connectivity index (χ4n) is 2.11. The van der Waals surface area contributed by atoms with Gasteiger partial charge in [0, 0.05) is 26.7 Å². The van der Waals surface area contributed by atoms with E-state index in [9.17, 15) is 13.2 Å². The number of methoxy groups -OCH3 is 1. The monoisotopic (exact) mass is 348 g/mol. The SMILES string of the molecule is COc1ccc(S(=O)(=O)N(C)c2ccc(N(C)C(C)=O)cc2)cc1. The molecular formula is C17H20N2O4S. The summed E-state index contributed by atoms with van der Waals surface area (Å²) in [6.45, 7) is 1.47. The van der Waals surface area contributed by atoms with Crippen molar-refractivity contribution in [1.82, 2.24) is 0 Å². The molecule has 0 unspecified atom stereocenters. The van der Waals surface area contributed by atoms with Gasteiger partial charge in [0.15, 0.2) is 0 Å². The van der Waals surface area contributed by atoms with Crippen molar-refractivity contribution in [3.63, 3.8) is 0 Å². The van der Waals surface area contributed by atoms with E-state index in [4.69, 9.17) is 4.74 Å². The van der Waals surface area contributed by atoms with Crippen molar-refractivity contribution in [2.24, 2.45) is 0 Å². The first-order valence-corrected chi connectivity index (χ1v) is 8.68. The summed E-state index contributed by atoms with van der Waals surface area (Å²) in [7, 11) is 1.01. The summed E-state index contributed by atoms with van der Waals surface area (Å²) >= 11 is 0. The van der Waals surface area contributed by atoms with Crippen molar-refractivity contribution in [1.29, 1.82) is 0 Å². The quantitative estimate of drug-likeness (QED) is 0.833. The van der Waals surface area contributed by atoms with Crippen LogP contribution in [0.3, 0.4) is 0 Å². The number of nitrogens with zero attached hydrogens (tertiary/aromatic N) is 2. The van der Waals surface area contributed by atoms with Crippen LogP contribution in [0.5, 0.6) is 5.75 Å². The number of rotatable bonds is 5. The largest absolute Gasteiger partial charge is 0.497 e. The second-order valence-electron chi connectivity index (χ2n) is 5.24. The van der Waals surface area contributed by atoms with E-state index in [1.807, 2.05) is 0 Å². The fourth-order valence-corrected chi connectivity index (χ4v) is 3.31. The Morgan fingerprint density at radius 1 is 0.917 bits per heavy atom. The summed E-state index contributed by atoms with van der Waals surface area (Å²) in [6, 6.07) is 12.9. The number of ether oxygens (including phenoxy) is 1. The van der Waals surface area contributed by atoms with Gasteiger partial charge in [-0.25, -0.2) is 8.42 Å². The number of anilines is 2. The van der Waals surface area contributed by atoms with Crippen LogP contribution in [-0.2, 0) is 14.8 Å². The molecule has 0 aliphatic rings. The number of hydrogen-bond acceptors (Lipinski definition) is 4. The number of sulfonamides is 1. The Hall–Kier alpha value is -2.54. The molecule has 0 aliphatic carbocycles. The predicted molar refractivity (Wildman–Crippen MR) is 94.1 cm³/mol. The first-order valence-electron chi connectivity index (χ1n) is 7.24. The second-order valence-corrected chi connectivity index (χ2v) is 7.21. The Bertz CT molecular complexity index is 815. The summed E-state index contributed by atoms with van der Waals surface area (Å²) in [5.74, 6) is 0.496. The van der Waals surface area contributed by atoms with Crippen LogP contribution in [0.2, 0.25) is 0 Å². The summed E-state index contributed by atoms with van der Waals surface area (Å²) < 4.78 is 31.6. The summed E-state index contributed by atoms with van der Waals surface area (Å²) in [4.78, 5) is 13.0. The van der Waals surface area contributed by atoms with E-state index >= 15 is 0 Å². The van der Waals surface area contributed by atoms with Gasteiger partial charge in [0.2, 0.25) is 5.91 Å². The third-order valence-corrected chi connectivity index (χ3v) is 5.59. The highest BCUT2D eigenvalue weighted by molar-refractivity contribution is 7.92. The van der Waals surface area contributed by atoms with Gasteiger partial charge in [-0.05, 0) is 48.5 Å². The molecule has 6 nitrogen and oxygen atoms in total. The highest BCUT2D eigenvalue weighted by Crippen LogP contribution is 2.25. The molecular weight excluding hydrogens is 328 g/mol. The Balaban J connectivity index is 2.29. The number of benzene rings is 2. The van der Waals surface area contributed by atoms with Gasteiger partial charge in [-0.3, -0.25) is 9.10 Å². The maximum atomic E-state index is 12.7. The first-order chi connectivity index (χ1) is 11.3. The summed E-state index contributed by atoms with van der Waals surface area (Å²) in [6.07, 6.45) is 0. The topological polar surface area (TPSA) is 66.9 Å². The van der Waals surface area contributed by atoms with Crippen LogP contribution in [0.25, 0.3) is 0 Å². The molecule has 2 aromatic rings. The first kappa shape index (κ1) is 17.8. The van der Waals surface area contributed by atoms with Crippen LogP contribution >= 0.6 is 0 Å². The van der Waals surface area contributed by atoms with Gasteiger partial charge >= 0.3 is 0 Å². The molecule has 0 spiro atoms. The molecule has 0 N–H and O–H groups in total. The Morgan fingerprint density at radius 3 is 1.88 bits per heavy atom. The zero-order valence-electron chi connectivity index (χ0n) is 14.1. The molecule has 2 aromatic carbocycles. The lowest BCUT2D eigenvalue weighted by Gasteiger charge is -2.21.